The van der Waals surface area contributed by atoms with Gasteiger partial charge in [0.1, 0.15) is 11.6 Å². The van der Waals surface area contributed by atoms with Gasteiger partial charge in [-0.25, -0.2) is 23.9 Å². The van der Waals surface area contributed by atoms with Gasteiger partial charge in [0.05, 0.1) is 33.8 Å². The highest BCUT2D eigenvalue weighted by Crippen LogP contribution is 2.23. The van der Waals surface area contributed by atoms with Crippen LogP contribution in [0, 0.1) is 0 Å². The third-order valence-corrected chi connectivity index (χ3v) is 5.53. The monoisotopic (exact) mass is 442 g/mol. The predicted molar refractivity (Wildman–Crippen MR) is 131 cm³/mol. The Morgan fingerprint density at radius 3 is 1.35 bits per heavy atom. The molecule has 1 aromatic carbocycles. The minimum Gasteiger partial charge on any atom is -0.255 e. The number of imidazole rings is 1. The summed E-state index contributed by atoms with van der Waals surface area (Å²) in [6, 6.07) is 30.1. The molecule has 0 atom stereocenters. The fourth-order valence-electron chi connectivity index (χ4n) is 4.00. The lowest BCUT2D eigenvalue weighted by Crippen LogP contribution is -2.23. The summed E-state index contributed by atoms with van der Waals surface area (Å²) in [4.78, 5) is 32.1. The molecule has 7 heteroatoms. The van der Waals surface area contributed by atoms with Gasteiger partial charge < -0.3 is 0 Å². The highest BCUT2D eigenvalue weighted by Gasteiger charge is 2.18. The van der Waals surface area contributed by atoms with Gasteiger partial charge >= 0.3 is 5.69 Å². The maximum Gasteiger partial charge on any atom is 0.340 e. The molecule has 0 N–H and O–H groups in total. The zero-order valence-corrected chi connectivity index (χ0v) is 18.0. The first-order valence-electron chi connectivity index (χ1n) is 10.8. The van der Waals surface area contributed by atoms with Gasteiger partial charge in [-0.15, -0.1) is 0 Å². The first-order valence-corrected chi connectivity index (χ1v) is 10.8. The zero-order valence-electron chi connectivity index (χ0n) is 18.0. The van der Waals surface area contributed by atoms with Crippen molar-refractivity contribution >= 4 is 11.0 Å². The molecule has 5 heterocycles. The Bertz CT molecular complexity index is 1550. The van der Waals surface area contributed by atoms with Crippen molar-refractivity contribution in [2.45, 2.75) is 0 Å². The topological polar surface area (TPSA) is 78.5 Å². The number of pyridine rings is 4. The minimum atomic E-state index is -0.252. The first kappa shape index (κ1) is 19.8. The zero-order chi connectivity index (χ0) is 22.9. The Morgan fingerprint density at radius 2 is 0.912 bits per heavy atom. The number of hydrogen-bond donors (Lipinski definition) is 0. The molecule has 34 heavy (non-hydrogen) atoms. The molecule has 6 aromatic rings. The fourth-order valence-corrected chi connectivity index (χ4v) is 4.00. The molecule has 0 unspecified atom stereocenters. The molecule has 0 aliphatic heterocycles. The summed E-state index contributed by atoms with van der Waals surface area (Å²) in [5.41, 5.74) is 4.09. The minimum absolute atomic E-state index is 0.252. The third-order valence-electron chi connectivity index (χ3n) is 5.53. The highest BCUT2D eigenvalue weighted by molar-refractivity contribution is 5.79. The summed E-state index contributed by atoms with van der Waals surface area (Å²) >= 11 is 0. The predicted octanol–water partition coefficient (Wildman–Crippen LogP) is 4.70. The lowest BCUT2D eigenvalue weighted by molar-refractivity contribution is 0.886. The molecular formula is C27H18N6O. The van der Waals surface area contributed by atoms with Crippen LogP contribution in [-0.2, 0) is 0 Å². The van der Waals surface area contributed by atoms with Gasteiger partial charge in [0, 0.05) is 12.4 Å². The van der Waals surface area contributed by atoms with Crippen molar-refractivity contribution < 1.29 is 0 Å². The van der Waals surface area contributed by atoms with Gasteiger partial charge in [-0.3, -0.25) is 9.97 Å². The number of benzene rings is 1. The second-order valence-corrected chi connectivity index (χ2v) is 7.63. The summed E-state index contributed by atoms with van der Waals surface area (Å²) in [7, 11) is 0. The van der Waals surface area contributed by atoms with Crippen LogP contribution in [0.2, 0.25) is 0 Å². The number of rotatable bonds is 4. The number of fused-ring (bicyclic) bond motifs is 1. The van der Waals surface area contributed by atoms with Crippen LogP contribution >= 0.6 is 0 Å². The number of aromatic nitrogens is 6. The second-order valence-electron chi connectivity index (χ2n) is 7.63. The maximum atomic E-state index is 13.8. The van der Waals surface area contributed by atoms with E-state index in [2.05, 4.69) is 9.97 Å². The van der Waals surface area contributed by atoms with Crippen molar-refractivity contribution in [2.75, 3.05) is 0 Å². The summed E-state index contributed by atoms with van der Waals surface area (Å²) in [6.45, 7) is 0. The molecule has 6 rings (SSSR count). The van der Waals surface area contributed by atoms with Gasteiger partial charge in [-0.05, 0) is 60.7 Å². The third kappa shape index (κ3) is 3.36. The lowest BCUT2D eigenvalue weighted by Gasteiger charge is -2.06. The Morgan fingerprint density at radius 1 is 0.471 bits per heavy atom. The molecule has 0 radical (unpaired) electrons. The molecule has 0 spiro atoms. The van der Waals surface area contributed by atoms with E-state index < -0.39 is 0 Å². The smallest absolute Gasteiger partial charge is 0.255 e. The molecule has 0 saturated carbocycles. The van der Waals surface area contributed by atoms with Crippen LogP contribution in [0.15, 0.2) is 114 Å². The van der Waals surface area contributed by atoms with Gasteiger partial charge in [0.2, 0.25) is 0 Å². The van der Waals surface area contributed by atoms with Gasteiger partial charge in [0.25, 0.3) is 0 Å². The SMILES string of the molecule is O=c1n(-c2cccc(-c3ccccn3)n2)c2ccccc2n1-c1cccc(-c2ccccn2)n1. The van der Waals surface area contributed by atoms with Crippen molar-refractivity contribution in [2.24, 2.45) is 0 Å². The average molecular weight is 442 g/mol. The summed E-state index contributed by atoms with van der Waals surface area (Å²) in [5.74, 6) is 1.04. The van der Waals surface area contributed by atoms with Crippen LogP contribution in [0.4, 0.5) is 0 Å². The summed E-state index contributed by atoms with van der Waals surface area (Å²) in [5, 5.41) is 0. The summed E-state index contributed by atoms with van der Waals surface area (Å²) < 4.78 is 3.22. The molecule has 0 aliphatic rings. The molecule has 5 aromatic heterocycles. The van der Waals surface area contributed by atoms with Crippen LogP contribution < -0.4 is 5.69 Å². The van der Waals surface area contributed by atoms with Crippen LogP contribution in [-0.4, -0.2) is 29.1 Å². The number of hydrogen-bond acceptors (Lipinski definition) is 5. The fraction of sp³-hybridized carbons (Fsp3) is 0. The van der Waals surface area contributed by atoms with Crippen molar-refractivity contribution in [3.63, 3.8) is 0 Å². The number of nitrogens with zero attached hydrogens (tertiary/aromatic N) is 6. The highest BCUT2D eigenvalue weighted by atomic mass is 16.1. The molecule has 0 amide bonds. The molecule has 0 bridgehead atoms. The molecule has 0 aliphatic carbocycles. The maximum absolute atomic E-state index is 13.8. The van der Waals surface area contributed by atoms with E-state index in [1.165, 1.54) is 0 Å². The molecule has 0 saturated heterocycles. The average Bonchev–Trinajstić information content (AvgIpc) is 3.21. The first-order chi connectivity index (χ1) is 16.8. The van der Waals surface area contributed by atoms with Crippen LogP contribution in [0.3, 0.4) is 0 Å². The quantitative estimate of drug-likeness (QED) is 0.396. The van der Waals surface area contributed by atoms with E-state index in [1.54, 1.807) is 21.5 Å². The van der Waals surface area contributed by atoms with Crippen molar-refractivity contribution in [3.8, 4) is 34.4 Å². The number of para-hydroxylation sites is 2. The van der Waals surface area contributed by atoms with E-state index >= 15 is 0 Å². The molecule has 7 nitrogen and oxygen atoms in total. The summed E-state index contributed by atoms with van der Waals surface area (Å²) in [6.07, 6.45) is 3.45. The second kappa shape index (κ2) is 8.22. The van der Waals surface area contributed by atoms with Crippen LogP contribution in [0.25, 0.3) is 45.4 Å². The molecule has 0 fully saturated rings. The van der Waals surface area contributed by atoms with Gasteiger partial charge in [-0.1, -0.05) is 36.4 Å². The lowest BCUT2D eigenvalue weighted by atomic mass is 10.2. The van der Waals surface area contributed by atoms with E-state index in [0.717, 1.165) is 22.4 Å². The van der Waals surface area contributed by atoms with Crippen LogP contribution in [0.5, 0.6) is 0 Å². The van der Waals surface area contributed by atoms with Gasteiger partial charge in [0.15, 0.2) is 0 Å². The van der Waals surface area contributed by atoms with Crippen molar-refractivity contribution in [3.05, 3.63) is 120 Å². The van der Waals surface area contributed by atoms with E-state index in [-0.39, 0.29) is 5.69 Å². The Kier molecular flexibility index (Phi) is 4.77. The molecule has 162 valence electrons. The standard InChI is InChI=1S/C27H18N6O/c34-27-32(25-15-7-11-21(30-25)19-9-3-5-17-28-19)23-13-1-2-14-24(23)33(27)26-16-8-12-22(31-26)20-10-4-6-18-29-20/h1-18H. The Balaban J connectivity index is 1.56. The van der Waals surface area contributed by atoms with E-state index in [0.29, 0.717) is 23.0 Å². The van der Waals surface area contributed by atoms with Crippen molar-refractivity contribution in [1.29, 1.82) is 0 Å². The van der Waals surface area contributed by atoms with E-state index in [4.69, 9.17) is 9.97 Å². The van der Waals surface area contributed by atoms with Crippen LogP contribution in [0.1, 0.15) is 0 Å². The Labute approximate surface area is 194 Å². The Hall–Kier alpha value is -4.91. The normalized spacial score (nSPS) is 11.1. The van der Waals surface area contributed by atoms with Gasteiger partial charge in [-0.2, -0.15) is 0 Å². The molecular weight excluding hydrogens is 424 g/mol. The van der Waals surface area contributed by atoms with E-state index in [9.17, 15) is 4.79 Å². The van der Waals surface area contributed by atoms with Crippen molar-refractivity contribution in [1.82, 2.24) is 29.1 Å². The largest absolute Gasteiger partial charge is 0.340 e. The van der Waals surface area contributed by atoms with E-state index in [1.807, 2.05) is 97.1 Å².